The average Bonchev–Trinajstić information content (AvgIpc) is 3.05. The largest absolute Gasteiger partial charge is 0.417 e. The first-order valence-electron chi connectivity index (χ1n) is 27.4. The maximum Gasteiger partial charge on any atom is 0.417 e. The van der Waals surface area contributed by atoms with Crippen molar-refractivity contribution in [3.63, 3.8) is 0 Å². The molecule has 2 heterocycles. The van der Waals surface area contributed by atoms with Crippen molar-refractivity contribution >= 4 is 43.6 Å². The number of alkyl halides is 3. The molecule has 10 aromatic carbocycles. The predicted octanol–water partition coefficient (Wildman–Crippen LogP) is 20.8. The number of rotatable bonds is 7. The molecule has 0 aliphatic heterocycles. The molecule has 0 atom stereocenters. The van der Waals surface area contributed by atoms with E-state index in [1.807, 2.05) is 12.1 Å². The molecule has 394 valence electrons. The van der Waals surface area contributed by atoms with Gasteiger partial charge < -0.3 is 9.13 Å². The van der Waals surface area contributed by atoms with E-state index in [1.165, 1.54) is 101 Å². The van der Waals surface area contributed by atoms with E-state index in [1.54, 1.807) is 6.07 Å². The maximum atomic E-state index is 15.3. The van der Waals surface area contributed by atoms with Gasteiger partial charge >= 0.3 is 6.18 Å². The molecule has 6 heteroatoms. The van der Waals surface area contributed by atoms with E-state index in [0.717, 1.165) is 71.9 Å². The van der Waals surface area contributed by atoms with Crippen LogP contribution >= 0.6 is 0 Å². The van der Waals surface area contributed by atoms with Crippen LogP contribution in [0, 0.1) is 94.4 Å². The monoisotopic (exact) mass is 1050 g/mol. The van der Waals surface area contributed by atoms with E-state index < -0.39 is 11.7 Å². The minimum absolute atomic E-state index is 0.0606. The molecule has 0 N–H and O–H groups in total. The first kappa shape index (κ1) is 51.8. The fourth-order valence-corrected chi connectivity index (χ4v) is 13.9. The van der Waals surface area contributed by atoms with Crippen LogP contribution in [-0.2, 0) is 6.18 Å². The second-order valence-corrected chi connectivity index (χ2v) is 22.7. The molecule has 12 aromatic rings. The van der Waals surface area contributed by atoms with Gasteiger partial charge in [0.2, 0.25) is 0 Å². The summed E-state index contributed by atoms with van der Waals surface area (Å²) in [6.07, 6.45) is -4.69. The van der Waals surface area contributed by atoms with E-state index in [0.29, 0.717) is 11.4 Å². The van der Waals surface area contributed by atoms with Crippen LogP contribution in [0.25, 0.3) is 111 Å². The van der Waals surface area contributed by atoms with Crippen molar-refractivity contribution in [2.75, 3.05) is 0 Å². The molecular weight excluding hydrogens is 988 g/mol. The van der Waals surface area contributed by atoms with Crippen LogP contribution in [-0.4, -0.2) is 9.13 Å². The Bertz CT molecular complexity index is 4340. The van der Waals surface area contributed by atoms with Gasteiger partial charge in [-0.15, -0.1) is 0 Å². The smallest absolute Gasteiger partial charge is 0.307 e. The Kier molecular flexibility index (Phi) is 12.4. The molecule has 0 bridgehead atoms. The van der Waals surface area contributed by atoms with Crippen molar-refractivity contribution in [1.82, 2.24) is 9.13 Å². The van der Waals surface area contributed by atoms with Gasteiger partial charge in [0.15, 0.2) is 0 Å². The molecule has 12 rings (SSSR count). The second-order valence-electron chi connectivity index (χ2n) is 22.7. The van der Waals surface area contributed by atoms with Crippen LogP contribution in [0.15, 0.2) is 158 Å². The first-order chi connectivity index (χ1) is 38.2. The minimum Gasteiger partial charge on any atom is -0.307 e. The van der Waals surface area contributed by atoms with Crippen LogP contribution in [0.2, 0.25) is 0 Å². The summed E-state index contributed by atoms with van der Waals surface area (Å²) in [6, 6.07) is 56.1. The highest BCUT2D eigenvalue weighted by atomic mass is 19.4. The average molecular weight is 1050 g/mol. The zero-order valence-electron chi connectivity index (χ0n) is 47.5. The Morgan fingerprint density at radius 2 is 0.625 bits per heavy atom. The molecule has 0 saturated heterocycles. The van der Waals surface area contributed by atoms with Crippen molar-refractivity contribution in [3.8, 4) is 73.1 Å². The molecule has 2 aromatic heterocycles. The van der Waals surface area contributed by atoms with Crippen LogP contribution in [0.4, 0.5) is 13.2 Å². The lowest BCUT2D eigenvalue weighted by Gasteiger charge is -2.21. The third-order valence-electron chi connectivity index (χ3n) is 16.6. The zero-order chi connectivity index (χ0) is 56.4. The van der Waals surface area contributed by atoms with Gasteiger partial charge in [-0.25, -0.2) is 0 Å². The Hall–Kier alpha value is -8.92. The van der Waals surface area contributed by atoms with E-state index in [2.05, 4.69) is 220 Å². The molecular formula is C74H62F3N3. The Morgan fingerprint density at radius 1 is 0.338 bits per heavy atom. The number of halogens is 3. The molecule has 0 fully saturated rings. The Labute approximate surface area is 466 Å². The van der Waals surface area contributed by atoms with Crippen LogP contribution in [0.3, 0.4) is 0 Å². The molecule has 0 aliphatic carbocycles. The highest BCUT2D eigenvalue weighted by molar-refractivity contribution is 6.14. The van der Waals surface area contributed by atoms with E-state index in [-0.39, 0.29) is 16.7 Å². The van der Waals surface area contributed by atoms with Crippen molar-refractivity contribution in [1.29, 1.82) is 5.26 Å². The fraction of sp³-hybridized carbons (Fsp3) is 0.176. The van der Waals surface area contributed by atoms with Crippen molar-refractivity contribution in [3.05, 3.63) is 236 Å². The molecule has 80 heavy (non-hydrogen) atoms. The van der Waals surface area contributed by atoms with Gasteiger partial charge in [-0.3, -0.25) is 0 Å². The molecule has 0 saturated carbocycles. The number of aromatic nitrogens is 2. The number of nitrogens with zero attached hydrogens (tertiary/aromatic N) is 3. The number of fused-ring (bicyclic) bond motifs is 6. The molecule has 0 aliphatic rings. The predicted molar refractivity (Wildman–Crippen MR) is 329 cm³/mol. The standard InChI is InChI=1S/C74H62F3N3/c1-40-25-44(5)70(45(6)26-40)52-17-21-64-59(33-52)60-34-53(71-46(7)27-41(2)28-47(71)8)18-22-65(60)79(64)68-37-56(39-78)58(57-15-13-14-16-63(57)74(75,76)77)38-69(68)80-66-23-19-54(72-48(9)29-42(3)30-49(72)10)35-61(66)62-36-55(20-24-67(62)80)73-50(11)31-43(4)32-51(73)12/h13-38H,1-12H3. The number of benzene rings is 10. The maximum absolute atomic E-state index is 15.3. The van der Waals surface area contributed by atoms with Crippen LogP contribution in [0.1, 0.15) is 77.9 Å². The summed E-state index contributed by atoms with van der Waals surface area (Å²) in [4.78, 5) is 0. The van der Waals surface area contributed by atoms with Gasteiger partial charge in [-0.2, -0.15) is 18.4 Å². The highest BCUT2D eigenvalue weighted by Gasteiger charge is 2.35. The van der Waals surface area contributed by atoms with Crippen molar-refractivity contribution in [2.24, 2.45) is 0 Å². The molecule has 0 amide bonds. The molecule has 3 nitrogen and oxygen atoms in total. The van der Waals surface area contributed by atoms with Crippen molar-refractivity contribution in [2.45, 2.75) is 89.3 Å². The third-order valence-corrected chi connectivity index (χ3v) is 16.6. The van der Waals surface area contributed by atoms with Gasteiger partial charge in [-0.1, -0.05) is 113 Å². The minimum atomic E-state index is -4.69. The summed E-state index contributed by atoms with van der Waals surface area (Å²) in [5, 5.41) is 15.3. The first-order valence-corrected chi connectivity index (χ1v) is 27.4. The number of hydrogen-bond acceptors (Lipinski definition) is 1. The number of nitriles is 1. The second kappa shape index (κ2) is 19.2. The molecule has 0 spiro atoms. The van der Waals surface area contributed by atoms with Crippen molar-refractivity contribution < 1.29 is 13.2 Å². The van der Waals surface area contributed by atoms with E-state index >= 15 is 13.2 Å². The summed E-state index contributed by atoms with van der Waals surface area (Å²) >= 11 is 0. The topological polar surface area (TPSA) is 33.6 Å². The summed E-state index contributed by atoms with van der Waals surface area (Å²) in [5.74, 6) is 0. The van der Waals surface area contributed by atoms with Crippen LogP contribution < -0.4 is 0 Å². The molecule has 0 unspecified atom stereocenters. The summed E-state index contributed by atoms with van der Waals surface area (Å²) in [6.45, 7) is 25.8. The lowest BCUT2D eigenvalue weighted by Crippen LogP contribution is -2.09. The highest BCUT2D eigenvalue weighted by Crippen LogP contribution is 2.47. The van der Waals surface area contributed by atoms with Gasteiger partial charge in [0.05, 0.1) is 50.6 Å². The third kappa shape index (κ3) is 8.50. The molecule has 0 radical (unpaired) electrons. The number of aryl methyl sites for hydroxylation is 12. The lowest BCUT2D eigenvalue weighted by molar-refractivity contribution is -0.137. The normalized spacial score (nSPS) is 11.9. The van der Waals surface area contributed by atoms with Crippen LogP contribution in [0.5, 0.6) is 0 Å². The van der Waals surface area contributed by atoms with E-state index in [9.17, 15) is 5.26 Å². The quantitative estimate of drug-likeness (QED) is 0.157. The summed E-state index contributed by atoms with van der Waals surface area (Å²) in [5.41, 5.74) is 27.6. The lowest BCUT2D eigenvalue weighted by atomic mass is 9.91. The van der Waals surface area contributed by atoms with Gasteiger partial charge in [0, 0.05) is 27.1 Å². The SMILES string of the molecule is Cc1cc(C)c(-c2ccc3c(c2)c2cc(-c4c(C)cc(C)cc4C)ccc2n3-c2cc(C#N)c(-c3ccccc3C(F)(F)F)cc2-n2c3ccc(-c4c(C)cc(C)cc4C)cc3c3cc(-c4c(C)cc(C)cc4C)ccc32)c(C)c1. The van der Waals surface area contributed by atoms with Gasteiger partial charge in [-0.05, 0) is 244 Å². The zero-order valence-corrected chi connectivity index (χ0v) is 47.5. The van der Waals surface area contributed by atoms with Gasteiger partial charge in [0.25, 0.3) is 0 Å². The number of hydrogen-bond donors (Lipinski definition) is 0. The van der Waals surface area contributed by atoms with E-state index in [4.69, 9.17) is 0 Å². The summed E-state index contributed by atoms with van der Waals surface area (Å²) in [7, 11) is 0. The fourth-order valence-electron chi connectivity index (χ4n) is 13.9. The van der Waals surface area contributed by atoms with Gasteiger partial charge in [0.1, 0.15) is 0 Å². The summed E-state index contributed by atoms with van der Waals surface area (Å²) < 4.78 is 50.3. The Balaban J connectivity index is 1.24. The Morgan fingerprint density at radius 3 is 0.912 bits per heavy atom.